The fraction of sp³-hybridized carbons (Fsp3) is 0.286. The van der Waals surface area contributed by atoms with E-state index in [0.29, 0.717) is 0 Å². The van der Waals surface area contributed by atoms with Gasteiger partial charge in [0, 0.05) is 0 Å². The number of carboxylic acid groups (broad SMARTS) is 1. The second-order valence-corrected chi connectivity index (χ2v) is 2.39. The molecular formula is C7H7NO6. The molecule has 14 heavy (non-hydrogen) atoms. The molecule has 1 rings (SSSR count). The Kier molecular flexibility index (Phi) is 2.70. The fourth-order valence-electron chi connectivity index (χ4n) is 0.907. The highest BCUT2D eigenvalue weighted by Gasteiger charge is 2.22. The fourth-order valence-corrected chi connectivity index (χ4v) is 0.907. The van der Waals surface area contributed by atoms with E-state index in [1.165, 1.54) is 0 Å². The van der Waals surface area contributed by atoms with Crippen LogP contribution in [0.2, 0.25) is 0 Å². The first-order valence-electron chi connectivity index (χ1n) is 3.56. The summed E-state index contributed by atoms with van der Waals surface area (Å²) in [5.74, 6) is -2.37. The molecule has 0 radical (unpaired) electrons. The van der Waals surface area contributed by atoms with Gasteiger partial charge >= 0.3 is 11.9 Å². The Morgan fingerprint density at radius 1 is 1.57 bits per heavy atom. The van der Waals surface area contributed by atoms with Crippen molar-refractivity contribution in [1.29, 1.82) is 0 Å². The number of carbonyl (C=O) groups excluding carboxylic acids is 1. The van der Waals surface area contributed by atoms with E-state index < -0.39 is 29.5 Å². The Balaban J connectivity index is 3.12. The molecule has 0 unspecified atom stereocenters. The number of rotatable bonds is 3. The largest absolute Gasteiger partial charge is 0.481 e. The van der Waals surface area contributed by atoms with Gasteiger partial charge in [0.2, 0.25) is 0 Å². The lowest BCUT2D eigenvalue weighted by molar-refractivity contribution is -0.136. The molecule has 0 spiro atoms. The second-order valence-electron chi connectivity index (χ2n) is 2.39. The zero-order valence-electron chi connectivity index (χ0n) is 7.20. The molecule has 0 amide bonds. The molecule has 7 heteroatoms. The number of ether oxygens (including phenoxy) is 1. The van der Waals surface area contributed by atoms with Crippen molar-refractivity contribution in [3.8, 4) is 0 Å². The summed E-state index contributed by atoms with van der Waals surface area (Å²) in [6.45, 7) is 0. The SMILES string of the molecule is COC(=O)c1c(CC(=O)O)o[nH]c1=O. The quantitative estimate of drug-likeness (QED) is 0.630. The molecule has 0 fully saturated rings. The van der Waals surface area contributed by atoms with Crippen molar-refractivity contribution < 1.29 is 24.0 Å². The number of carbonyl (C=O) groups is 2. The van der Waals surface area contributed by atoms with Gasteiger partial charge in [-0.3, -0.25) is 9.59 Å². The van der Waals surface area contributed by atoms with Gasteiger partial charge in [-0.2, -0.15) is 5.16 Å². The van der Waals surface area contributed by atoms with Crippen LogP contribution >= 0.6 is 0 Å². The number of nitrogens with one attached hydrogen (secondary N) is 1. The average molecular weight is 201 g/mol. The third-order valence-corrected chi connectivity index (χ3v) is 1.47. The normalized spacial score (nSPS) is 9.79. The van der Waals surface area contributed by atoms with E-state index in [9.17, 15) is 14.4 Å². The molecule has 0 atom stereocenters. The smallest absolute Gasteiger partial charge is 0.347 e. The van der Waals surface area contributed by atoms with Gasteiger partial charge < -0.3 is 14.4 Å². The maximum absolute atomic E-state index is 11.0. The molecule has 1 heterocycles. The van der Waals surface area contributed by atoms with Gasteiger partial charge in [-0.1, -0.05) is 0 Å². The first-order chi connectivity index (χ1) is 6.56. The number of aliphatic carboxylic acids is 1. The standard InChI is InChI=1S/C7H7NO6/c1-13-7(12)5-3(2-4(9)10)14-8-6(5)11/h2H2,1H3,(H,8,11)(H,9,10). The first-order valence-corrected chi connectivity index (χ1v) is 3.56. The topological polar surface area (TPSA) is 110 Å². The van der Waals surface area contributed by atoms with Crippen LogP contribution in [-0.4, -0.2) is 29.3 Å². The van der Waals surface area contributed by atoms with Crippen LogP contribution < -0.4 is 5.56 Å². The molecule has 0 saturated heterocycles. The highest BCUT2D eigenvalue weighted by atomic mass is 16.5. The summed E-state index contributed by atoms with van der Waals surface area (Å²) in [6.07, 6.45) is -0.552. The zero-order valence-corrected chi connectivity index (χ0v) is 7.20. The van der Waals surface area contributed by atoms with Gasteiger partial charge in [-0.05, 0) is 0 Å². The minimum absolute atomic E-state index is 0.241. The predicted octanol–water partition coefficient (Wildman–Crippen LogP) is -0.618. The molecule has 76 valence electrons. The number of aromatic nitrogens is 1. The van der Waals surface area contributed by atoms with Crippen LogP contribution in [0.1, 0.15) is 16.1 Å². The van der Waals surface area contributed by atoms with Crippen molar-refractivity contribution in [2.45, 2.75) is 6.42 Å². The minimum atomic E-state index is -1.21. The van der Waals surface area contributed by atoms with E-state index in [1.807, 2.05) is 5.16 Å². The van der Waals surface area contributed by atoms with E-state index in [1.54, 1.807) is 0 Å². The summed E-state index contributed by atoms with van der Waals surface area (Å²) in [7, 11) is 1.08. The molecule has 0 saturated carbocycles. The summed E-state index contributed by atoms with van der Waals surface area (Å²) in [5, 5.41) is 10.3. The van der Waals surface area contributed by atoms with Crippen LogP contribution in [0.3, 0.4) is 0 Å². The van der Waals surface area contributed by atoms with Crippen LogP contribution in [0.15, 0.2) is 9.32 Å². The molecule has 1 aromatic heterocycles. The highest BCUT2D eigenvalue weighted by Crippen LogP contribution is 2.05. The van der Waals surface area contributed by atoms with Crippen LogP contribution in [0, 0.1) is 0 Å². The summed E-state index contributed by atoms with van der Waals surface area (Å²) >= 11 is 0. The predicted molar refractivity (Wildman–Crippen MR) is 42.0 cm³/mol. The van der Waals surface area contributed by atoms with Crippen molar-refractivity contribution >= 4 is 11.9 Å². The number of esters is 1. The number of methoxy groups -OCH3 is 1. The van der Waals surface area contributed by atoms with Crippen LogP contribution in [0.25, 0.3) is 0 Å². The second kappa shape index (κ2) is 3.77. The zero-order chi connectivity index (χ0) is 10.7. The van der Waals surface area contributed by atoms with Gasteiger partial charge in [-0.15, -0.1) is 0 Å². The third-order valence-electron chi connectivity index (χ3n) is 1.47. The first kappa shape index (κ1) is 10.0. The molecule has 7 nitrogen and oxygen atoms in total. The monoisotopic (exact) mass is 201 g/mol. The molecule has 2 N–H and O–H groups in total. The maximum Gasteiger partial charge on any atom is 0.347 e. The van der Waals surface area contributed by atoms with Crippen molar-refractivity contribution in [2.75, 3.05) is 7.11 Å². The van der Waals surface area contributed by atoms with Gasteiger partial charge in [0.15, 0.2) is 11.3 Å². The van der Waals surface area contributed by atoms with Crippen molar-refractivity contribution in [3.63, 3.8) is 0 Å². The molecule has 1 aromatic rings. The molecule has 0 aliphatic rings. The van der Waals surface area contributed by atoms with Gasteiger partial charge in [0.1, 0.15) is 6.42 Å². The number of H-pyrrole nitrogens is 1. The number of hydrogen-bond acceptors (Lipinski definition) is 5. The maximum atomic E-state index is 11.0. The van der Waals surface area contributed by atoms with E-state index in [2.05, 4.69) is 9.26 Å². The van der Waals surface area contributed by atoms with Gasteiger partial charge in [0.05, 0.1) is 7.11 Å². The summed E-state index contributed by atoms with van der Waals surface area (Å²) < 4.78 is 8.80. The third kappa shape index (κ3) is 1.82. The lowest BCUT2D eigenvalue weighted by atomic mass is 10.2. The number of carboxylic acids is 1. The van der Waals surface area contributed by atoms with E-state index >= 15 is 0 Å². The van der Waals surface area contributed by atoms with E-state index in [-0.39, 0.29) is 5.76 Å². The number of hydrogen-bond donors (Lipinski definition) is 2. The van der Waals surface area contributed by atoms with Crippen molar-refractivity contribution in [1.82, 2.24) is 5.16 Å². The van der Waals surface area contributed by atoms with Crippen LogP contribution in [0.5, 0.6) is 0 Å². The molecule has 0 aromatic carbocycles. The van der Waals surface area contributed by atoms with Crippen LogP contribution in [0.4, 0.5) is 0 Å². The van der Waals surface area contributed by atoms with Crippen molar-refractivity contribution in [2.24, 2.45) is 0 Å². The summed E-state index contributed by atoms with van der Waals surface area (Å²) in [6, 6.07) is 0. The Morgan fingerprint density at radius 3 is 2.71 bits per heavy atom. The Hall–Kier alpha value is -2.05. The van der Waals surface area contributed by atoms with Crippen molar-refractivity contribution in [3.05, 3.63) is 21.7 Å². The van der Waals surface area contributed by atoms with E-state index in [0.717, 1.165) is 7.11 Å². The minimum Gasteiger partial charge on any atom is -0.481 e. The van der Waals surface area contributed by atoms with Crippen LogP contribution in [-0.2, 0) is 16.0 Å². The Labute approximate surface area is 77.2 Å². The molecule has 0 aliphatic carbocycles. The van der Waals surface area contributed by atoms with E-state index in [4.69, 9.17) is 5.11 Å². The lowest BCUT2D eigenvalue weighted by Crippen LogP contribution is -2.16. The Bertz CT molecular complexity index is 414. The summed E-state index contributed by atoms with van der Waals surface area (Å²) in [5.41, 5.74) is -1.21. The molecule has 0 bridgehead atoms. The average Bonchev–Trinajstić information content (AvgIpc) is 2.45. The molecule has 0 aliphatic heterocycles. The Morgan fingerprint density at radius 2 is 2.21 bits per heavy atom. The molecular weight excluding hydrogens is 194 g/mol. The lowest BCUT2D eigenvalue weighted by Gasteiger charge is -1.94. The number of aromatic amines is 1. The van der Waals surface area contributed by atoms with Gasteiger partial charge in [0.25, 0.3) is 5.56 Å². The highest BCUT2D eigenvalue weighted by molar-refractivity contribution is 5.91. The van der Waals surface area contributed by atoms with Gasteiger partial charge in [-0.25, -0.2) is 4.79 Å². The summed E-state index contributed by atoms with van der Waals surface area (Å²) in [4.78, 5) is 32.3.